The van der Waals surface area contributed by atoms with Gasteiger partial charge in [-0.25, -0.2) is 0 Å². The molecule has 24 heavy (non-hydrogen) atoms. The van der Waals surface area contributed by atoms with Crippen molar-refractivity contribution in [2.45, 2.75) is 13.5 Å². The first-order valence-corrected chi connectivity index (χ1v) is 8.35. The number of carbonyl (C=O) groups excluding carboxylic acids is 1. The third-order valence-corrected chi connectivity index (χ3v) is 4.27. The lowest BCUT2D eigenvalue weighted by Gasteiger charge is -2.11. The van der Waals surface area contributed by atoms with E-state index in [1.807, 2.05) is 55.5 Å². The zero-order valence-electron chi connectivity index (χ0n) is 13.5. The summed E-state index contributed by atoms with van der Waals surface area (Å²) >= 11 is 3.45. The number of rotatable bonds is 4. The number of nitrogens with zero attached hydrogens (tertiary/aromatic N) is 1. The van der Waals surface area contributed by atoms with Gasteiger partial charge in [-0.3, -0.25) is 9.78 Å². The Kier molecular flexibility index (Phi) is 4.81. The van der Waals surface area contributed by atoms with Crippen LogP contribution in [-0.2, 0) is 6.54 Å². The average molecular weight is 385 g/mol. The number of aryl methyl sites for hydroxylation is 1. The molecule has 2 aromatic carbocycles. The molecular formula is C19H17BrN2O2. The Hall–Kier alpha value is -2.40. The molecule has 0 aliphatic rings. The number of aromatic nitrogens is 1. The van der Waals surface area contributed by atoms with Gasteiger partial charge in [0.2, 0.25) is 0 Å². The van der Waals surface area contributed by atoms with Gasteiger partial charge in [-0.1, -0.05) is 34.1 Å². The lowest BCUT2D eigenvalue weighted by atomic mass is 10.1. The molecule has 0 unspecified atom stereocenters. The van der Waals surface area contributed by atoms with Gasteiger partial charge in [-0.2, -0.15) is 0 Å². The predicted octanol–water partition coefficient (Wildman–Crippen LogP) is 4.24. The van der Waals surface area contributed by atoms with Gasteiger partial charge < -0.3 is 10.1 Å². The van der Waals surface area contributed by atoms with Crippen molar-refractivity contribution in [3.63, 3.8) is 0 Å². The molecule has 3 rings (SSSR count). The van der Waals surface area contributed by atoms with Gasteiger partial charge in [0.05, 0.1) is 18.2 Å². The van der Waals surface area contributed by atoms with Crippen molar-refractivity contribution in [3.05, 3.63) is 69.8 Å². The predicted molar refractivity (Wildman–Crippen MR) is 98.3 cm³/mol. The smallest absolute Gasteiger partial charge is 0.252 e. The van der Waals surface area contributed by atoms with Gasteiger partial charge in [0.25, 0.3) is 5.91 Å². The summed E-state index contributed by atoms with van der Waals surface area (Å²) in [6, 6.07) is 15.2. The van der Waals surface area contributed by atoms with Crippen LogP contribution < -0.4 is 10.1 Å². The molecule has 0 aliphatic carbocycles. The summed E-state index contributed by atoms with van der Waals surface area (Å²) in [7, 11) is 1.62. The fraction of sp³-hybridized carbons (Fsp3) is 0.158. The molecule has 3 aromatic rings. The van der Waals surface area contributed by atoms with Crippen molar-refractivity contribution in [1.82, 2.24) is 10.3 Å². The molecule has 0 fully saturated rings. The second kappa shape index (κ2) is 7.01. The van der Waals surface area contributed by atoms with E-state index in [-0.39, 0.29) is 5.91 Å². The summed E-state index contributed by atoms with van der Waals surface area (Å²) in [5.41, 5.74) is 3.17. The highest BCUT2D eigenvalue weighted by Gasteiger charge is 2.13. The fourth-order valence-electron chi connectivity index (χ4n) is 2.64. The summed E-state index contributed by atoms with van der Waals surface area (Å²) in [5, 5.41) is 3.79. The number of pyridine rings is 1. The van der Waals surface area contributed by atoms with Gasteiger partial charge in [0, 0.05) is 27.7 Å². The third-order valence-electron chi connectivity index (χ3n) is 3.78. The second-order valence-electron chi connectivity index (χ2n) is 5.47. The van der Waals surface area contributed by atoms with Crippen molar-refractivity contribution in [3.8, 4) is 5.75 Å². The molecule has 0 aliphatic heterocycles. The zero-order valence-corrected chi connectivity index (χ0v) is 15.1. The number of ether oxygens (including phenoxy) is 1. The van der Waals surface area contributed by atoms with Crippen LogP contribution in [0.5, 0.6) is 5.75 Å². The number of halogens is 1. The Bertz CT molecular complexity index is 909. The summed E-state index contributed by atoms with van der Waals surface area (Å²) in [6.45, 7) is 2.29. The monoisotopic (exact) mass is 384 g/mol. The molecule has 1 N–H and O–H groups in total. The Labute approximate surface area is 149 Å². The lowest BCUT2D eigenvalue weighted by Crippen LogP contribution is -2.23. The lowest BCUT2D eigenvalue weighted by molar-refractivity contribution is 0.0952. The van der Waals surface area contributed by atoms with Gasteiger partial charge >= 0.3 is 0 Å². The van der Waals surface area contributed by atoms with Crippen LogP contribution in [0.4, 0.5) is 0 Å². The molecule has 0 saturated heterocycles. The van der Waals surface area contributed by atoms with Crippen LogP contribution in [0, 0.1) is 6.92 Å². The maximum absolute atomic E-state index is 12.7. The molecule has 1 heterocycles. The van der Waals surface area contributed by atoms with Gasteiger partial charge in [0.15, 0.2) is 0 Å². The van der Waals surface area contributed by atoms with Gasteiger partial charge in [0.1, 0.15) is 5.75 Å². The SMILES string of the molecule is COc1ccccc1CNC(=O)c1cc(C)nc2ccc(Br)cc12. The first kappa shape index (κ1) is 16.5. The Balaban J connectivity index is 1.90. The normalized spacial score (nSPS) is 10.6. The van der Waals surface area contributed by atoms with Crippen molar-refractivity contribution in [2.24, 2.45) is 0 Å². The van der Waals surface area contributed by atoms with E-state index in [1.165, 1.54) is 0 Å². The quantitative estimate of drug-likeness (QED) is 0.731. The first-order chi connectivity index (χ1) is 11.6. The third kappa shape index (κ3) is 3.41. The maximum atomic E-state index is 12.7. The first-order valence-electron chi connectivity index (χ1n) is 7.55. The standard InChI is InChI=1S/C19H17BrN2O2/c1-12-9-16(15-10-14(20)7-8-17(15)22-12)19(23)21-11-13-5-3-4-6-18(13)24-2/h3-10H,11H2,1-2H3,(H,21,23). The van der Waals surface area contributed by atoms with Crippen molar-refractivity contribution in [2.75, 3.05) is 7.11 Å². The minimum atomic E-state index is -0.130. The van der Waals surface area contributed by atoms with E-state index < -0.39 is 0 Å². The minimum Gasteiger partial charge on any atom is -0.496 e. The number of benzene rings is 2. The van der Waals surface area contributed by atoms with E-state index in [1.54, 1.807) is 7.11 Å². The Morgan fingerprint density at radius 1 is 1.21 bits per heavy atom. The van der Waals surface area contributed by atoms with Crippen molar-refractivity contribution in [1.29, 1.82) is 0 Å². The van der Waals surface area contributed by atoms with Crippen molar-refractivity contribution >= 4 is 32.7 Å². The Morgan fingerprint density at radius 3 is 2.79 bits per heavy atom. The number of hydrogen-bond acceptors (Lipinski definition) is 3. The molecule has 1 aromatic heterocycles. The van der Waals surface area contributed by atoms with Crippen LogP contribution in [0.15, 0.2) is 53.0 Å². The number of para-hydroxylation sites is 1. The Morgan fingerprint density at radius 2 is 2.00 bits per heavy atom. The average Bonchev–Trinajstić information content (AvgIpc) is 2.59. The van der Waals surface area contributed by atoms with Crippen LogP contribution in [0.3, 0.4) is 0 Å². The van der Waals surface area contributed by atoms with Crippen LogP contribution in [0.2, 0.25) is 0 Å². The number of amides is 1. The van der Waals surface area contributed by atoms with Crippen LogP contribution >= 0.6 is 15.9 Å². The fourth-order valence-corrected chi connectivity index (χ4v) is 3.00. The molecule has 0 radical (unpaired) electrons. The minimum absolute atomic E-state index is 0.130. The highest BCUT2D eigenvalue weighted by atomic mass is 79.9. The van der Waals surface area contributed by atoms with Crippen molar-refractivity contribution < 1.29 is 9.53 Å². The molecule has 4 nitrogen and oxygen atoms in total. The topological polar surface area (TPSA) is 51.2 Å². The van der Waals surface area contributed by atoms with E-state index in [9.17, 15) is 4.79 Å². The summed E-state index contributed by atoms with van der Waals surface area (Å²) in [4.78, 5) is 17.2. The van der Waals surface area contributed by atoms with E-state index in [0.29, 0.717) is 12.1 Å². The molecule has 0 spiro atoms. The summed E-state index contributed by atoms with van der Waals surface area (Å²) < 4.78 is 6.24. The van der Waals surface area contributed by atoms with Crippen LogP contribution in [0.25, 0.3) is 10.9 Å². The second-order valence-corrected chi connectivity index (χ2v) is 6.38. The van der Waals surface area contributed by atoms with Gasteiger partial charge in [-0.15, -0.1) is 0 Å². The van der Waals surface area contributed by atoms with Crippen LogP contribution in [-0.4, -0.2) is 18.0 Å². The molecule has 0 bridgehead atoms. The number of methoxy groups -OCH3 is 1. The van der Waals surface area contributed by atoms with E-state index in [2.05, 4.69) is 26.2 Å². The molecular weight excluding hydrogens is 368 g/mol. The molecule has 122 valence electrons. The highest BCUT2D eigenvalue weighted by molar-refractivity contribution is 9.10. The molecule has 0 saturated carbocycles. The molecule has 5 heteroatoms. The zero-order chi connectivity index (χ0) is 17.1. The van der Waals surface area contributed by atoms with E-state index in [4.69, 9.17) is 4.74 Å². The van der Waals surface area contributed by atoms with Gasteiger partial charge in [-0.05, 0) is 37.3 Å². The number of hydrogen-bond donors (Lipinski definition) is 1. The molecule has 1 amide bonds. The van der Waals surface area contributed by atoms with Crippen LogP contribution in [0.1, 0.15) is 21.6 Å². The highest BCUT2D eigenvalue weighted by Crippen LogP contribution is 2.23. The number of carbonyl (C=O) groups is 1. The van der Waals surface area contributed by atoms with E-state index >= 15 is 0 Å². The summed E-state index contributed by atoms with van der Waals surface area (Å²) in [5.74, 6) is 0.630. The molecule has 0 atom stereocenters. The maximum Gasteiger partial charge on any atom is 0.252 e. The number of nitrogens with one attached hydrogen (secondary N) is 1. The summed E-state index contributed by atoms with van der Waals surface area (Å²) in [6.07, 6.45) is 0. The number of fused-ring (bicyclic) bond motifs is 1. The largest absolute Gasteiger partial charge is 0.496 e. The van der Waals surface area contributed by atoms with E-state index in [0.717, 1.165) is 32.4 Å².